The number of aliphatic hydroxyl groups excluding tert-OH is 1. The van der Waals surface area contributed by atoms with Gasteiger partial charge < -0.3 is 5.11 Å². The van der Waals surface area contributed by atoms with E-state index in [4.69, 9.17) is 0 Å². The summed E-state index contributed by atoms with van der Waals surface area (Å²) in [5.74, 6) is 0. The van der Waals surface area contributed by atoms with Gasteiger partial charge in [-0.2, -0.15) is 5.01 Å². The fourth-order valence-corrected chi connectivity index (χ4v) is 1.72. The topological polar surface area (TPSA) is 26.2 Å². The van der Waals surface area contributed by atoms with Crippen LogP contribution in [0.4, 0.5) is 0 Å². The molecular formula is C6H12N2O. The highest BCUT2D eigenvalue weighted by atomic mass is 16.3. The molecule has 2 unspecified atom stereocenters. The van der Waals surface area contributed by atoms with Crippen LogP contribution in [0.2, 0.25) is 0 Å². The molecule has 2 aliphatic heterocycles. The fraction of sp³-hybridized carbons (Fsp3) is 1.00. The summed E-state index contributed by atoms with van der Waals surface area (Å²) in [6.07, 6.45) is 0.698. The first-order valence-corrected chi connectivity index (χ1v) is 3.39. The Morgan fingerprint density at radius 1 is 1.56 bits per heavy atom. The molecule has 1 N–H and O–H groups in total. The second-order valence-corrected chi connectivity index (χ2v) is 3.23. The second-order valence-electron chi connectivity index (χ2n) is 3.23. The molecule has 0 spiro atoms. The van der Waals surface area contributed by atoms with E-state index < -0.39 is 0 Å². The maximum atomic E-state index is 9.26. The van der Waals surface area contributed by atoms with Crippen molar-refractivity contribution in [1.82, 2.24) is 10.0 Å². The van der Waals surface area contributed by atoms with E-state index in [0.717, 1.165) is 13.0 Å². The van der Waals surface area contributed by atoms with E-state index >= 15 is 0 Å². The van der Waals surface area contributed by atoms with E-state index in [1.54, 1.807) is 0 Å². The van der Waals surface area contributed by atoms with Gasteiger partial charge in [-0.3, -0.25) is 0 Å². The number of fused-ring (bicyclic) bond motifs is 1. The summed E-state index contributed by atoms with van der Waals surface area (Å²) in [6, 6.07) is 0. The van der Waals surface area contributed by atoms with E-state index in [9.17, 15) is 5.11 Å². The molecular weight excluding hydrogens is 116 g/mol. The Bertz CT molecular complexity index is 146. The van der Waals surface area contributed by atoms with Gasteiger partial charge in [-0.25, -0.2) is 5.01 Å². The van der Waals surface area contributed by atoms with Gasteiger partial charge in [-0.05, 0) is 13.8 Å². The largest absolute Gasteiger partial charge is 0.377 e. The molecule has 0 radical (unpaired) electrons. The summed E-state index contributed by atoms with van der Waals surface area (Å²) >= 11 is 0. The predicted octanol–water partition coefficient (Wildman–Crippen LogP) is -0.0228. The molecule has 0 aromatic carbocycles. The Kier molecular flexibility index (Phi) is 0.822. The Balaban J connectivity index is 2.14. The first-order chi connectivity index (χ1) is 4.14. The van der Waals surface area contributed by atoms with Gasteiger partial charge >= 0.3 is 0 Å². The number of rotatable bonds is 0. The van der Waals surface area contributed by atoms with Gasteiger partial charge in [0.05, 0.1) is 5.66 Å². The van der Waals surface area contributed by atoms with E-state index in [1.165, 1.54) is 0 Å². The van der Waals surface area contributed by atoms with Gasteiger partial charge in [0.1, 0.15) is 6.23 Å². The summed E-state index contributed by atoms with van der Waals surface area (Å²) in [4.78, 5) is 0. The summed E-state index contributed by atoms with van der Waals surface area (Å²) in [7, 11) is 0. The Labute approximate surface area is 54.8 Å². The SMILES string of the molecule is CC1(C)N2CC[C@H](O)N21. The minimum atomic E-state index is -0.208. The molecule has 52 valence electrons. The molecule has 3 atom stereocenters. The Morgan fingerprint density at radius 3 is 2.44 bits per heavy atom. The molecule has 0 amide bonds. The van der Waals surface area contributed by atoms with Crippen molar-refractivity contribution in [2.24, 2.45) is 0 Å². The van der Waals surface area contributed by atoms with Crippen molar-refractivity contribution in [1.29, 1.82) is 0 Å². The molecule has 2 rings (SSSR count). The quantitative estimate of drug-likeness (QED) is 0.464. The van der Waals surface area contributed by atoms with Crippen molar-refractivity contribution in [2.45, 2.75) is 32.2 Å². The van der Waals surface area contributed by atoms with Crippen molar-refractivity contribution in [3.05, 3.63) is 0 Å². The normalized spacial score (nSPS) is 53.0. The van der Waals surface area contributed by atoms with E-state index in [-0.39, 0.29) is 11.9 Å². The van der Waals surface area contributed by atoms with Crippen LogP contribution in [0.25, 0.3) is 0 Å². The number of aliphatic hydroxyl groups is 1. The van der Waals surface area contributed by atoms with Crippen LogP contribution in [0.1, 0.15) is 20.3 Å². The second kappa shape index (κ2) is 1.31. The number of nitrogens with zero attached hydrogens (tertiary/aromatic N) is 2. The Hall–Kier alpha value is -0.120. The number of hydrogen-bond acceptors (Lipinski definition) is 3. The lowest BCUT2D eigenvalue weighted by molar-refractivity contribution is 0.0644. The molecule has 0 bridgehead atoms. The average Bonchev–Trinajstić information content (AvgIpc) is 2.19. The van der Waals surface area contributed by atoms with Crippen LogP contribution in [-0.2, 0) is 0 Å². The summed E-state index contributed by atoms with van der Waals surface area (Å²) < 4.78 is 0. The van der Waals surface area contributed by atoms with Gasteiger partial charge in [0.25, 0.3) is 0 Å². The average molecular weight is 128 g/mol. The number of hydrazine groups is 1. The highest BCUT2D eigenvalue weighted by Crippen LogP contribution is 2.45. The third-order valence-electron chi connectivity index (χ3n) is 2.29. The summed E-state index contributed by atoms with van der Waals surface area (Å²) in [5.41, 5.74) is 0.150. The lowest BCUT2D eigenvalue weighted by Crippen LogP contribution is -2.23. The standard InChI is InChI=1S/C6H12N2O/c1-6(2)7-4-3-5(9)8(6)7/h5,9H,3-4H2,1-2H3/t5-,7?,8?/m0/s1. The maximum Gasteiger partial charge on any atom is 0.123 e. The third kappa shape index (κ3) is 0.520. The zero-order chi connectivity index (χ0) is 6.65. The molecule has 2 saturated heterocycles. The molecule has 0 aromatic rings. The highest BCUT2D eigenvalue weighted by Gasteiger charge is 2.60. The highest BCUT2D eigenvalue weighted by molar-refractivity contribution is 4.99. The zero-order valence-corrected chi connectivity index (χ0v) is 5.83. The van der Waals surface area contributed by atoms with E-state index in [1.807, 2.05) is 5.01 Å². The van der Waals surface area contributed by atoms with Crippen molar-refractivity contribution < 1.29 is 5.11 Å². The third-order valence-corrected chi connectivity index (χ3v) is 2.29. The van der Waals surface area contributed by atoms with Crippen LogP contribution >= 0.6 is 0 Å². The Morgan fingerprint density at radius 2 is 2.22 bits per heavy atom. The molecule has 3 nitrogen and oxygen atoms in total. The summed E-state index contributed by atoms with van der Waals surface area (Å²) in [5, 5.41) is 13.5. The van der Waals surface area contributed by atoms with Gasteiger partial charge in [0, 0.05) is 13.0 Å². The van der Waals surface area contributed by atoms with E-state index in [0.29, 0.717) is 0 Å². The van der Waals surface area contributed by atoms with Crippen molar-refractivity contribution >= 4 is 0 Å². The number of hydrogen-bond donors (Lipinski definition) is 1. The first kappa shape index (κ1) is 5.65. The smallest absolute Gasteiger partial charge is 0.123 e. The zero-order valence-electron chi connectivity index (χ0n) is 5.83. The van der Waals surface area contributed by atoms with Gasteiger partial charge in [-0.1, -0.05) is 0 Å². The van der Waals surface area contributed by atoms with Crippen LogP contribution in [-0.4, -0.2) is 33.6 Å². The fourth-order valence-electron chi connectivity index (χ4n) is 1.72. The van der Waals surface area contributed by atoms with Gasteiger partial charge in [0.15, 0.2) is 0 Å². The predicted molar refractivity (Wildman–Crippen MR) is 33.2 cm³/mol. The van der Waals surface area contributed by atoms with Crippen molar-refractivity contribution in [3.63, 3.8) is 0 Å². The molecule has 3 heteroatoms. The lowest BCUT2D eigenvalue weighted by atomic mass is 10.2. The maximum absolute atomic E-state index is 9.26. The van der Waals surface area contributed by atoms with Gasteiger partial charge in [-0.15, -0.1) is 0 Å². The molecule has 0 saturated carbocycles. The minimum Gasteiger partial charge on any atom is -0.377 e. The minimum absolute atomic E-state index is 0.150. The lowest BCUT2D eigenvalue weighted by Gasteiger charge is -2.08. The van der Waals surface area contributed by atoms with Crippen molar-refractivity contribution in [2.75, 3.05) is 6.54 Å². The van der Waals surface area contributed by atoms with E-state index in [2.05, 4.69) is 18.9 Å². The molecule has 9 heavy (non-hydrogen) atoms. The van der Waals surface area contributed by atoms with Crippen molar-refractivity contribution in [3.8, 4) is 0 Å². The van der Waals surface area contributed by atoms with Crippen LogP contribution in [0.5, 0.6) is 0 Å². The van der Waals surface area contributed by atoms with Gasteiger partial charge in [0.2, 0.25) is 0 Å². The van der Waals surface area contributed by atoms with Crippen LogP contribution < -0.4 is 0 Å². The molecule has 2 heterocycles. The van der Waals surface area contributed by atoms with Crippen LogP contribution in [0, 0.1) is 0 Å². The first-order valence-electron chi connectivity index (χ1n) is 3.39. The van der Waals surface area contributed by atoms with Crippen LogP contribution in [0.15, 0.2) is 0 Å². The summed E-state index contributed by atoms with van der Waals surface area (Å²) in [6.45, 7) is 5.26. The molecule has 2 fully saturated rings. The molecule has 2 aliphatic rings. The molecule has 0 aliphatic carbocycles. The molecule has 0 aromatic heterocycles. The van der Waals surface area contributed by atoms with Crippen LogP contribution in [0.3, 0.4) is 0 Å². The monoisotopic (exact) mass is 128 g/mol.